The lowest BCUT2D eigenvalue weighted by Crippen LogP contribution is -2.26. The van der Waals surface area contributed by atoms with E-state index in [4.69, 9.17) is 0 Å². The molecule has 0 aromatic carbocycles. The maximum Gasteiger partial charge on any atom is 0.147 e. The number of rotatable bonds is 7. The zero-order chi connectivity index (χ0) is 14.7. The van der Waals surface area contributed by atoms with Crippen molar-refractivity contribution in [1.82, 2.24) is 15.3 Å². The Balaban J connectivity index is 1.68. The lowest BCUT2D eigenvalue weighted by molar-refractivity contribution is 0.580. The molecule has 0 bridgehead atoms. The van der Waals surface area contributed by atoms with Crippen LogP contribution in [0.15, 0.2) is 29.2 Å². The fourth-order valence-electron chi connectivity index (χ4n) is 2.26. The number of hydrogen-bond donors (Lipinski definition) is 1. The Kier molecular flexibility index (Phi) is 4.51. The van der Waals surface area contributed by atoms with Crippen LogP contribution in [0.1, 0.15) is 37.9 Å². The molecule has 0 aliphatic heterocycles. The largest absolute Gasteiger partial charge is 0.348 e. The molecule has 0 amide bonds. The van der Waals surface area contributed by atoms with Crippen molar-refractivity contribution in [3.63, 3.8) is 0 Å². The fraction of sp³-hybridized carbons (Fsp3) is 0.500. The smallest absolute Gasteiger partial charge is 0.147 e. The summed E-state index contributed by atoms with van der Waals surface area (Å²) in [6.07, 6.45) is 6.35. The van der Waals surface area contributed by atoms with E-state index in [2.05, 4.69) is 50.9 Å². The first-order chi connectivity index (χ1) is 10.2. The number of thiophene rings is 1. The van der Waals surface area contributed by atoms with Gasteiger partial charge in [0.1, 0.15) is 5.82 Å². The summed E-state index contributed by atoms with van der Waals surface area (Å²) in [6.45, 7) is 5.99. The lowest BCUT2D eigenvalue weighted by Gasteiger charge is -2.22. The molecular formula is C16H22N4S. The second kappa shape index (κ2) is 6.54. The predicted molar refractivity (Wildman–Crippen MR) is 87.5 cm³/mol. The van der Waals surface area contributed by atoms with Gasteiger partial charge in [-0.3, -0.25) is 4.98 Å². The van der Waals surface area contributed by atoms with Crippen molar-refractivity contribution in [3.8, 4) is 0 Å². The number of hydrogen-bond acceptors (Lipinski definition) is 5. The molecule has 1 saturated carbocycles. The molecule has 4 nitrogen and oxygen atoms in total. The van der Waals surface area contributed by atoms with Crippen molar-refractivity contribution < 1.29 is 0 Å². The molecule has 3 rings (SSSR count). The number of nitrogens with one attached hydrogen (secondary N) is 1. The Morgan fingerprint density at radius 1 is 1.33 bits per heavy atom. The Morgan fingerprint density at radius 2 is 2.19 bits per heavy atom. The van der Waals surface area contributed by atoms with Crippen LogP contribution in [-0.2, 0) is 13.1 Å². The van der Waals surface area contributed by atoms with E-state index in [1.165, 1.54) is 18.4 Å². The van der Waals surface area contributed by atoms with Crippen LogP contribution in [-0.4, -0.2) is 22.1 Å². The van der Waals surface area contributed by atoms with Gasteiger partial charge in [0.05, 0.1) is 18.1 Å². The third-order valence-electron chi connectivity index (χ3n) is 3.60. The van der Waals surface area contributed by atoms with Crippen LogP contribution in [0.2, 0.25) is 0 Å². The highest BCUT2D eigenvalue weighted by Crippen LogP contribution is 2.32. The highest BCUT2D eigenvalue weighted by Gasteiger charge is 2.30. The van der Waals surface area contributed by atoms with E-state index in [1.807, 2.05) is 12.4 Å². The van der Waals surface area contributed by atoms with Gasteiger partial charge in [-0.25, -0.2) is 4.98 Å². The zero-order valence-electron chi connectivity index (χ0n) is 12.6. The normalized spacial score (nSPS) is 14.6. The predicted octanol–water partition coefficient (Wildman–Crippen LogP) is 3.21. The summed E-state index contributed by atoms with van der Waals surface area (Å²) >= 11 is 1.75. The minimum Gasteiger partial charge on any atom is -0.348 e. The van der Waals surface area contributed by atoms with E-state index in [0.717, 1.165) is 24.6 Å². The maximum absolute atomic E-state index is 4.63. The van der Waals surface area contributed by atoms with Crippen molar-refractivity contribution in [2.75, 3.05) is 4.90 Å². The molecule has 0 unspecified atom stereocenters. The van der Waals surface area contributed by atoms with Crippen molar-refractivity contribution in [3.05, 3.63) is 40.5 Å². The van der Waals surface area contributed by atoms with Gasteiger partial charge in [-0.2, -0.15) is 11.3 Å². The van der Waals surface area contributed by atoms with Gasteiger partial charge < -0.3 is 10.2 Å². The summed E-state index contributed by atoms with van der Waals surface area (Å²) < 4.78 is 0. The van der Waals surface area contributed by atoms with Gasteiger partial charge in [0.15, 0.2) is 0 Å². The molecule has 2 heterocycles. The Morgan fingerprint density at radius 3 is 2.76 bits per heavy atom. The second-order valence-electron chi connectivity index (χ2n) is 5.89. The monoisotopic (exact) mass is 302 g/mol. The SMILES string of the molecule is CC(C)NCc1cnc(N(Cc2ccsc2)C2CC2)cn1. The average molecular weight is 302 g/mol. The van der Waals surface area contributed by atoms with Gasteiger partial charge in [0, 0.05) is 25.2 Å². The highest BCUT2D eigenvalue weighted by atomic mass is 32.1. The molecule has 1 aliphatic rings. The summed E-state index contributed by atoms with van der Waals surface area (Å²) in [6, 6.07) is 3.29. The van der Waals surface area contributed by atoms with Crippen molar-refractivity contribution >= 4 is 17.2 Å². The quantitative estimate of drug-likeness (QED) is 0.853. The molecule has 1 fully saturated rings. The van der Waals surface area contributed by atoms with Crippen LogP contribution >= 0.6 is 11.3 Å². The lowest BCUT2D eigenvalue weighted by atomic mass is 10.3. The second-order valence-corrected chi connectivity index (χ2v) is 6.67. The van der Waals surface area contributed by atoms with Gasteiger partial charge in [-0.15, -0.1) is 0 Å². The van der Waals surface area contributed by atoms with Crippen molar-refractivity contribution in [2.45, 2.75) is 51.9 Å². The van der Waals surface area contributed by atoms with E-state index in [-0.39, 0.29) is 0 Å². The van der Waals surface area contributed by atoms with Crippen LogP contribution in [0.3, 0.4) is 0 Å². The standard InChI is InChI=1S/C16H22N4S/c1-12(2)17-7-14-8-19-16(9-18-14)20(15-3-4-15)10-13-5-6-21-11-13/h5-6,8-9,11-12,15,17H,3-4,7,10H2,1-2H3. The molecule has 1 aliphatic carbocycles. The summed E-state index contributed by atoms with van der Waals surface area (Å²) in [5.74, 6) is 0.997. The van der Waals surface area contributed by atoms with E-state index >= 15 is 0 Å². The first kappa shape index (κ1) is 14.5. The molecular weight excluding hydrogens is 280 g/mol. The van der Waals surface area contributed by atoms with Crippen LogP contribution in [0.4, 0.5) is 5.82 Å². The summed E-state index contributed by atoms with van der Waals surface area (Å²) in [5.41, 5.74) is 2.36. The van der Waals surface area contributed by atoms with Crippen LogP contribution in [0.5, 0.6) is 0 Å². The first-order valence-electron chi connectivity index (χ1n) is 7.54. The summed E-state index contributed by atoms with van der Waals surface area (Å²) in [4.78, 5) is 11.6. The Bertz CT molecular complexity index is 546. The molecule has 5 heteroatoms. The third-order valence-corrected chi connectivity index (χ3v) is 4.33. The number of aromatic nitrogens is 2. The van der Waals surface area contributed by atoms with Gasteiger partial charge in [-0.1, -0.05) is 13.8 Å². The molecule has 1 N–H and O–H groups in total. The molecule has 2 aromatic rings. The van der Waals surface area contributed by atoms with Gasteiger partial charge in [-0.05, 0) is 35.2 Å². The third kappa shape index (κ3) is 4.02. The van der Waals surface area contributed by atoms with E-state index in [9.17, 15) is 0 Å². The van der Waals surface area contributed by atoms with Crippen LogP contribution < -0.4 is 10.2 Å². The number of anilines is 1. The van der Waals surface area contributed by atoms with Gasteiger partial charge >= 0.3 is 0 Å². The minimum absolute atomic E-state index is 0.466. The Labute approximate surface area is 130 Å². The first-order valence-corrected chi connectivity index (χ1v) is 8.48. The van der Waals surface area contributed by atoms with Gasteiger partial charge in [0.2, 0.25) is 0 Å². The Hall–Kier alpha value is -1.46. The molecule has 2 aromatic heterocycles. The van der Waals surface area contributed by atoms with Crippen LogP contribution in [0.25, 0.3) is 0 Å². The summed E-state index contributed by atoms with van der Waals surface area (Å²) in [5, 5.41) is 7.71. The minimum atomic E-state index is 0.466. The molecule has 0 atom stereocenters. The topological polar surface area (TPSA) is 41.1 Å². The summed E-state index contributed by atoms with van der Waals surface area (Å²) in [7, 11) is 0. The number of nitrogens with zero attached hydrogens (tertiary/aromatic N) is 3. The van der Waals surface area contributed by atoms with Crippen LogP contribution in [0, 0.1) is 0 Å². The van der Waals surface area contributed by atoms with Crippen molar-refractivity contribution in [2.24, 2.45) is 0 Å². The molecule has 21 heavy (non-hydrogen) atoms. The van der Waals surface area contributed by atoms with Crippen molar-refractivity contribution in [1.29, 1.82) is 0 Å². The maximum atomic E-state index is 4.63. The zero-order valence-corrected chi connectivity index (χ0v) is 13.4. The average Bonchev–Trinajstić information content (AvgIpc) is 3.20. The van der Waals surface area contributed by atoms with E-state index in [1.54, 1.807) is 11.3 Å². The van der Waals surface area contributed by atoms with Gasteiger partial charge in [0.25, 0.3) is 0 Å². The molecule has 0 radical (unpaired) electrons. The van der Waals surface area contributed by atoms with E-state index in [0.29, 0.717) is 12.1 Å². The van der Waals surface area contributed by atoms with E-state index < -0.39 is 0 Å². The molecule has 112 valence electrons. The highest BCUT2D eigenvalue weighted by molar-refractivity contribution is 7.07. The molecule has 0 spiro atoms. The molecule has 0 saturated heterocycles. The fourth-order valence-corrected chi connectivity index (χ4v) is 2.92.